The fourth-order valence-electron chi connectivity index (χ4n) is 3.01. The minimum Gasteiger partial charge on any atom is -0.480 e. The van der Waals surface area contributed by atoms with E-state index in [9.17, 15) is 9.59 Å². The van der Waals surface area contributed by atoms with Gasteiger partial charge in [0.15, 0.2) is 0 Å². The first-order valence-corrected chi connectivity index (χ1v) is 7.09. The quantitative estimate of drug-likeness (QED) is 0.739. The molecule has 18 heavy (non-hydrogen) atoms. The normalized spacial score (nSPS) is 24.3. The van der Waals surface area contributed by atoms with Gasteiger partial charge < -0.3 is 10.4 Å². The smallest absolute Gasteiger partial charge is 0.319 e. The van der Waals surface area contributed by atoms with Gasteiger partial charge in [0.2, 0.25) is 5.91 Å². The molecule has 2 aliphatic rings. The SMILES string of the molecule is C[C@H](CC1CCCCC1)NC(=O)C1(C(=O)O)CC1. The van der Waals surface area contributed by atoms with Crippen LogP contribution >= 0.6 is 0 Å². The second kappa shape index (κ2) is 5.29. The maximum absolute atomic E-state index is 11.9. The lowest BCUT2D eigenvalue weighted by Crippen LogP contribution is -2.42. The third-order valence-corrected chi connectivity index (χ3v) is 4.38. The van der Waals surface area contributed by atoms with Crippen molar-refractivity contribution in [3.8, 4) is 0 Å². The highest BCUT2D eigenvalue weighted by Gasteiger charge is 2.57. The van der Waals surface area contributed by atoms with Gasteiger partial charge in [0.1, 0.15) is 5.41 Å². The molecule has 2 fully saturated rings. The largest absolute Gasteiger partial charge is 0.480 e. The van der Waals surface area contributed by atoms with E-state index in [0.29, 0.717) is 18.8 Å². The van der Waals surface area contributed by atoms with Crippen molar-refractivity contribution in [1.29, 1.82) is 0 Å². The zero-order valence-corrected chi connectivity index (χ0v) is 11.1. The first kappa shape index (κ1) is 13.4. The molecule has 0 aromatic heterocycles. The van der Waals surface area contributed by atoms with Gasteiger partial charge >= 0.3 is 5.97 Å². The first-order chi connectivity index (χ1) is 8.54. The van der Waals surface area contributed by atoms with Crippen LogP contribution in [-0.2, 0) is 9.59 Å². The second-order valence-electron chi connectivity index (χ2n) is 6.00. The van der Waals surface area contributed by atoms with Crippen molar-refractivity contribution in [2.45, 2.75) is 64.3 Å². The minimum atomic E-state index is -1.10. The van der Waals surface area contributed by atoms with Crippen LogP contribution in [0.25, 0.3) is 0 Å². The molecule has 0 aliphatic heterocycles. The van der Waals surface area contributed by atoms with Crippen LogP contribution in [0, 0.1) is 11.3 Å². The predicted molar refractivity (Wildman–Crippen MR) is 68.1 cm³/mol. The van der Waals surface area contributed by atoms with Gasteiger partial charge in [-0.2, -0.15) is 0 Å². The molecule has 102 valence electrons. The Morgan fingerprint density at radius 1 is 1.28 bits per heavy atom. The average molecular weight is 253 g/mol. The van der Waals surface area contributed by atoms with Crippen molar-refractivity contribution in [3.05, 3.63) is 0 Å². The van der Waals surface area contributed by atoms with Crippen LogP contribution in [-0.4, -0.2) is 23.0 Å². The fourth-order valence-corrected chi connectivity index (χ4v) is 3.01. The molecule has 0 unspecified atom stereocenters. The van der Waals surface area contributed by atoms with E-state index in [2.05, 4.69) is 5.32 Å². The van der Waals surface area contributed by atoms with Crippen LogP contribution in [0.1, 0.15) is 58.3 Å². The lowest BCUT2D eigenvalue weighted by Gasteiger charge is -2.25. The number of carboxylic acid groups (broad SMARTS) is 1. The number of aliphatic carboxylic acids is 1. The molecular weight excluding hydrogens is 230 g/mol. The predicted octanol–water partition coefficient (Wildman–Crippen LogP) is 2.33. The van der Waals surface area contributed by atoms with Crippen LogP contribution in [0.15, 0.2) is 0 Å². The van der Waals surface area contributed by atoms with E-state index in [4.69, 9.17) is 5.11 Å². The Balaban J connectivity index is 1.78. The summed E-state index contributed by atoms with van der Waals surface area (Å²) in [5, 5.41) is 11.9. The van der Waals surface area contributed by atoms with Crippen LogP contribution in [0.4, 0.5) is 0 Å². The summed E-state index contributed by atoms with van der Waals surface area (Å²) in [6.45, 7) is 1.99. The maximum atomic E-state index is 11.9. The molecule has 1 atom stereocenters. The molecule has 0 bridgehead atoms. The minimum absolute atomic E-state index is 0.0948. The molecule has 4 heteroatoms. The Kier molecular flexibility index (Phi) is 3.93. The number of amides is 1. The number of carboxylic acids is 1. The summed E-state index contributed by atoms with van der Waals surface area (Å²) >= 11 is 0. The number of hydrogen-bond acceptors (Lipinski definition) is 2. The zero-order valence-electron chi connectivity index (χ0n) is 11.1. The molecule has 1 amide bonds. The number of rotatable bonds is 5. The van der Waals surface area contributed by atoms with Gasteiger partial charge in [-0.25, -0.2) is 0 Å². The van der Waals surface area contributed by atoms with Crippen molar-refractivity contribution in [3.63, 3.8) is 0 Å². The number of carbonyl (C=O) groups is 2. The van der Waals surface area contributed by atoms with Crippen LogP contribution in [0.5, 0.6) is 0 Å². The molecule has 4 nitrogen and oxygen atoms in total. The van der Waals surface area contributed by atoms with E-state index in [1.54, 1.807) is 0 Å². The van der Waals surface area contributed by atoms with Crippen molar-refractivity contribution in [1.82, 2.24) is 5.32 Å². The molecule has 2 rings (SSSR count). The highest BCUT2D eigenvalue weighted by molar-refractivity contribution is 6.04. The van der Waals surface area contributed by atoms with Gasteiger partial charge in [-0.15, -0.1) is 0 Å². The average Bonchev–Trinajstić information content (AvgIpc) is 3.11. The zero-order chi connectivity index (χ0) is 13.2. The Morgan fingerprint density at radius 2 is 1.89 bits per heavy atom. The van der Waals surface area contributed by atoms with E-state index in [0.717, 1.165) is 6.42 Å². The van der Waals surface area contributed by atoms with Gasteiger partial charge in [-0.05, 0) is 32.1 Å². The van der Waals surface area contributed by atoms with Gasteiger partial charge in [0, 0.05) is 6.04 Å². The van der Waals surface area contributed by atoms with E-state index < -0.39 is 11.4 Å². The summed E-state index contributed by atoms with van der Waals surface area (Å²) in [6.07, 6.45) is 8.40. The second-order valence-corrected chi connectivity index (χ2v) is 6.00. The monoisotopic (exact) mass is 253 g/mol. The molecule has 2 saturated carbocycles. The Bertz CT molecular complexity index is 330. The Morgan fingerprint density at radius 3 is 2.39 bits per heavy atom. The van der Waals surface area contributed by atoms with Crippen molar-refractivity contribution >= 4 is 11.9 Å². The molecule has 2 aliphatic carbocycles. The summed E-state index contributed by atoms with van der Waals surface area (Å²) in [4.78, 5) is 23.0. The van der Waals surface area contributed by atoms with Gasteiger partial charge in [-0.1, -0.05) is 32.1 Å². The molecule has 0 spiro atoms. The summed E-state index contributed by atoms with van der Waals surface area (Å²) in [6, 6.07) is 0.0948. The standard InChI is InChI=1S/C14H23NO3/c1-10(9-11-5-3-2-4-6-11)15-12(16)14(7-8-14)13(17)18/h10-11H,2-9H2,1H3,(H,15,16)(H,17,18)/t10-/m1/s1. The maximum Gasteiger partial charge on any atom is 0.319 e. The van der Waals surface area contributed by atoms with Crippen molar-refractivity contribution in [2.24, 2.45) is 11.3 Å². The topological polar surface area (TPSA) is 66.4 Å². The van der Waals surface area contributed by atoms with Crippen LogP contribution in [0.3, 0.4) is 0 Å². The number of hydrogen-bond donors (Lipinski definition) is 2. The van der Waals surface area contributed by atoms with Gasteiger partial charge in [0.05, 0.1) is 0 Å². The third-order valence-electron chi connectivity index (χ3n) is 4.38. The number of nitrogens with one attached hydrogen (secondary N) is 1. The Hall–Kier alpha value is -1.06. The van der Waals surface area contributed by atoms with Gasteiger partial charge in [0.25, 0.3) is 0 Å². The highest BCUT2D eigenvalue weighted by atomic mass is 16.4. The third kappa shape index (κ3) is 2.85. The summed E-state index contributed by atoms with van der Waals surface area (Å²) in [7, 11) is 0. The van der Waals surface area contributed by atoms with E-state index >= 15 is 0 Å². The molecule has 0 saturated heterocycles. The molecule has 0 heterocycles. The van der Waals surface area contributed by atoms with E-state index in [1.165, 1.54) is 32.1 Å². The summed E-state index contributed by atoms with van der Waals surface area (Å²) in [5.41, 5.74) is -1.10. The summed E-state index contributed by atoms with van der Waals surface area (Å²) < 4.78 is 0. The van der Waals surface area contributed by atoms with Crippen molar-refractivity contribution < 1.29 is 14.7 Å². The van der Waals surface area contributed by atoms with Crippen LogP contribution in [0.2, 0.25) is 0 Å². The molecule has 0 radical (unpaired) electrons. The van der Waals surface area contributed by atoms with E-state index in [1.807, 2.05) is 6.92 Å². The fraction of sp³-hybridized carbons (Fsp3) is 0.857. The first-order valence-electron chi connectivity index (χ1n) is 7.09. The summed E-state index contributed by atoms with van der Waals surface area (Å²) in [5.74, 6) is -0.544. The molecule has 0 aromatic carbocycles. The number of carbonyl (C=O) groups excluding carboxylic acids is 1. The lowest BCUT2D eigenvalue weighted by atomic mass is 9.85. The Labute approximate surface area is 108 Å². The van der Waals surface area contributed by atoms with Crippen molar-refractivity contribution in [2.75, 3.05) is 0 Å². The highest BCUT2D eigenvalue weighted by Crippen LogP contribution is 2.46. The van der Waals surface area contributed by atoms with Gasteiger partial charge in [-0.3, -0.25) is 9.59 Å². The lowest BCUT2D eigenvalue weighted by molar-refractivity contribution is -0.149. The van der Waals surface area contributed by atoms with E-state index in [-0.39, 0.29) is 11.9 Å². The molecule has 2 N–H and O–H groups in total. The molecule has 0 aromatic rings. The molecular formula is C14H23NO3. The van der Waals surface area contributed by atoms with Crippen LogP contribution < -0.4 is 5.32 Å².